The van der Waals surface area contributed by atoms with Gasteiger partial charge in [-0.2, -0.15) is 0 Å². The molecule has 1 saturated heterocycles. The summed E-state index contributed by atoms with van der Waals surface area (Å²) < 4.78 is 22.5. The van der Waals surface area contributed by atoms with Gasteiger partial charge in [-0.1, -0.05) is 13.3 Å². The van der Waals surface area contributed by atoms with Crippen molar-refractivity contribution in [1.82, 2.24) is 5.32 Å². The molecule has 0 aromatic rings. The molecule has 0 bridgehead atoms. The highest BCUT2D eigenvalue weighted by molar-refractivity contribution is 7.91. The molecular formula is C11H22N2O3S. The first-order chi connectivity index (χ1) is 7.96. The predicted octanol–water partition coefficient (Wildman–Crippen LogP) is 0.0548. The Hall–Kier alpha value is -0.620. The number of nitrogens with one attached hydrogen (secondary N) is 1. The minimum absolute atomic E-state index is 0.0731. The number of carbonyl (C=O) groups is 1. The Morgan fingerprint density at radius 2 is 2.24 bits per heavy atom. The van der Waals surface area contributed by atoms with Crippen molar-refractivity contribution in [2.24, 2.45) is 11.7 Å². The molecule has 0 spiro atoms. The molecule has 17 heavy (non-hydrogen) atoms. The molecule has 1 fully saturated rings. The van der Waals surface area contributed by atoms with Crippen LogP contribution in [-0.2, 0) is 14.6 Å². The molecule has 5 nitrogen and oxygen atoms in total. The monoisotopic (exact) mass is 262 g/mol. The second-order valence-corrected chi connectivity index (χ2v) is 6.99. The van der Waals surface area contributed by atoms with Crippen LogP contribution in [0.1, 0.15) is 32.6 Å². The average molecular weight is 262 g/mol. The Balaban J connectivity index is 2.34. The molecule has 6 heteroatoms. The van der Waals surface area contributed by atoms with Gasteiger partial charge in [0, 0.05) is 12.5 Å². The van der Waals surface area contributed by atoms with Crippen LogP contribution >= 0.6 is 0 Å². The van der Waals surface area contributed by atoms with Crippen molar-refractivity contribution in [2.45, 2.75) is 38.6 Å². The first-order valence-corrected chi connectivity index (χ1v) is 7.99. The van der Waals surface area contributed by atoms with Gasteiger partial charge in [0.1, 0.15) is 0 Å². The van der Waals surface area contributed by atoms with Crippen LogP contribution in [0.5, 0.6) is 0 Å². The number of hydrogen-bond donors (Lipinski definition) is 2. The van der Waals surface area contributed by atoms with Crippen molar-refractivity contribution >= 4 is 15.7 Å². The summed E-state index contributed by atoms with van der Waals surface area (Å²) in [5.74, 6) is 0.404. The zero-order valence-electron chi connectivity index (χ0n) is 10.3. The summed E-state index contributed by atoms with van der Waals surface area (Å²) in [6.07, 6.45) is 2.88. The molecule has 2 atom stereocenters. The van der Waals surface area contributed by atoms with Gasteiger partial charge in [0.05, 0.1) is 11.5 Å². The van der Waals surface area contributed by atoms with Gasteiger partial charge >= 0.3 is 0 Å². The smallest absolute Gasteiger partial charge is 0.220 e. The third-order valence-electron chi connectivity index (χ3n) is 3.10. The summed E-state index contributed by atoms with van der Waals surface area (Å²) in [6.45, 7) is 2.56. The highest BCUT2D eigenvalue weighted by Crippen LogP contribution is 2.13. The maximum absolute atomic E-state index is 11.7. The number of sulfone groups is 1. The molecule has 0 aromatic heterocycles. The Morgan fingerprint density at radius 3 is 2.71 bits per heavy atom. The molecule has 2 unspecified atom stereocenters. The summed E-state index contributed by atoms with van der Waals surface area (Å²) >= 11 is 0. The number of rotatable bonds is 6. The van der Waals surface area contributed by atoms with E-state index in [0.29, 0.717) is 19.4 Å². The van der Waals surface area contributed by atoms with E-state index >= 15 is 0 Å². The van der Waals surface area contributed by atoms with Gasteiger partial charge in [-0.05, 0) is 25.3 Å². The first kappa shape index (κ1) is 14.4. The quantitative estimate of drug-likeness (QED) is 0.708. The molecule has 3 N–H and O–H groups in total. The van der Waals surface area contributed by atoms with Crippen LogP contribution in [0, 0.1) is 5.92 Å². The summed E-state index contributed by atoms with van der Waals surface area (Å²) in [5, 5.41) is 2.78. The van der Waals surface area contributed by atoms with E-state index in [9.17, 15) is 13.2 Å². The Morgan fingerprint density at radius 1 is 1.53 bits per heavy atom. The maximum Gasteiger partial charge on any atom is 0.220 e. The van der Waals surface area contributed by atoms with Crippen LogP contribution in [0.2, 0.25) is 0 Å². The van der Waals surface area contributed by atoms with Crippen molar-refractivity contribution in [1.29, 1.82) is 0 Å². The van der Waals surface area contributed by atoms with Crippen molar-refractivity contribution in [3.63, 3.8) is 0 Å². The van der Waals surface area contributed by atoms with E-state index in [-0.39, 0.29) is 29.4 Å². The van der Waals surface area contributed by atoms with E-state index in [1.165, 1.54) is 0 Å². The average Bonchev–Trinajstić information content (AvgIpc) is 2.57. The van der Waals surface area contributed by atoms with Crippen LogP contribution in [0.25, 0.3) is 0 Å². The van der Waals surface area contributed by atoms with E-state index in [4.69, 9.17) is 5.73 Å². The van der Waals surface area contributed by atoms with E-state index < -0.39 is 9.84 Å². The minimum Gasteiger partial charge on any atom is -0.352 e. The SMILES string of the molecule is CCCC(CN)CC(=O)NC1CCS(=O)(=O)C1. The number of hydrogen-bond acceptors (Lipinski definition) is 4. The van der Waals surface area contributed by atoms with Crippen molar-refractivity contribution < 1.29 is 13.2 Å². The largest absolute Gasteiger partial charge is 0.352 e. The van der Waals surface area contributed by atoms with E-state index in [1.807, 2.05) is 0 Å². The van der Waals surface area contributed by atoms with Gasteiger partial charge in [0.15, 0.2) is 9.84 Å². The minimum atomic E-state index is -2.92. The molecule has 100 valence electrons. The van der Waals surface area contributed by atoms with E-state index in [2.05, 4.69) is 12.2 Å². The van der Waals surface area contributed by atoms with Crippen molar-refractivity contribution in [3.8, 4) is 0 Å². The van der Waals surface area contributed by atoms with Crippen LogP contribution in [-0.4, -0.2) is 38.4 Å². The van der Waals surface area contributed by atoms with Crippen LogP contribution in [0.3, 0.4) is 0 Å². The zero-order valence-corrected chi connectivity index (χ0v) is 11.1. The summed E-state index contributed by atoms with van der Waals surface area (Å²) in [4.78, 5) is 11.7. The standard InChI is InChI=1S/C11H22N2O3S/c1-2-3-9(7-12)6-11(14)13-10-4-5-17(15,16)8-10/h9-10H,2-8,12H2,1H3,(H,13,14). The van der Waals surface area contributed by atoms with E-state index in [1.54, 1.807) is 0 Å². The molecule has 0 saturated carbocycles. The third kappa shape index (κ3) is 5.04. The molecule has 0 aliphatic carbocycles. The summed E-state index contributed by atoms with van der Waals surface area (Å²) in [6, 6.07) is -0.201. The van der Waals surface area contributed by atoms with Crippen LogP contribution < -0.4 is 11.1 Å². The Kier molecular flexibility index (Phi) is 5.39. The van der Waals surface area contributed by atoms with Crippen molar-refractivity contribution in [3.05, 3.63) is 0 Å². The molecule has 1 aliphatic rings. The number of carbonyl (C=O) groups excluding carboxylic acids is 1. The molecule has 1 heterocycles. The van der Waals surface area contributed by atoms with Crippen LogP contribution in [0.4, 0.5) is 0 Å². The van der Waals surface area contributed by atoms with Gasteiger partial charge in [-0.15, -0.1) is 0 Å². The van der Waals surface area contributed by atoms with Crippen molar-refractivity contribution in [2.75, 3.05) is 18.1 Å². The molecule has 1 aliphatic heterocycles. The molecule has 1 amide bonds. The summed E-state index contributed by atoms with van der Waals surface area (Å²) in [7, 11) is -2.92. The second kappa shape index (κ2) is 6.35. The van der Waals surface area contributed by atoms with Gasteiger partial charge in [-0.25, -0.2) is 8.42 Å². The van der Waals surface area contributed by atoms with Gasteiger partial charge in [-0.3, -0.25) is 4.79 Å². The predicted molar refractivity (Wildman–Crippen MR) is 67.3 cm³/mol. The van der Waals surface area contributed by atoms with Gasteiger partial charge < -0.3 is 11.1 Å². The molecular weight excluding hydrogens is 240 g/mol. The van der Waals surface area contributed by atoms with Crippen LogP contribution in [0.15, 0.2) is 0 Å². The fraction of sp³-hybridized carbons (Fsp3) is 0.909. The third-order valence-corrected chi connectivity index (χ3v) is 4.87. The normalized spacial score (nSPS) is 24.5. The fourth-order valence-corrected chi connectivity index (χ4v) is 3.84. The highest BCUT2D eigenvalue weighted by Gasteiger charge is 2.29. The lowest BCUT2D eigenvalue weighted by molar-refractivity contribution is -0.122. The zero-order chi connectivity index (χ0) is 12.9. The molecule has 1 rings (SSSR count). The second-order valence-electron chi connectivity index (χ2n) is 4.76. The maximum atomic E-state index is 11.7. The molecule has 0 aromatic carbocycles. The highest BCUT2D eigenvalue weighted by atomic mass is 32.2. The lowest BCUT2D eigenvalue weighted by atomic mass is 9.99. The van der Waals surface area contributed by atoms with Gasteiger partial charge in [0.25, 0.3) is 0 Å². The van der Waals surface area contributed by atoms with E-state index in [0.717, 1.165) is 12.8 Å². The first-order valence-electron chi connectivity index (χ1n) is 6.16. The molecule has 0 radical (unpaired) electrons. The Labute approximate surface area is 103 Å². The number of amides is 1. The lowest BCUT2D eigenvalue weighted by Gasteiger charge is -2.15. The van der Waals surface area contributed by atoms with Gasteiger partial charge in [0.2, 0.25) is 5.91 Å². The lowest BCUT2D eigenvalue weighted by Crippen LogP contribution is -2.37. The number of nitrogens with two attached hydrogens (primary N) is 1. The topological polar surface area (TPSA) is 89.3 Å². The Bertz CT molecular complexity index is 354. The fourth-order valence-electron chi connectivity index (χ4n) is 2.17. The summed E-state index contributed by atoms with van der Waals surface area (Å²) in [5.41, 5.74) is 5.58.